The van der Waals surface area contributed by atoms with Gasteiger partial charge in [-0.05, 0) is 182 Å². The molecule has 74 heavy (non-hydrogen) atoms. The summed E-state index contributed by atoms with van der Waals surface area (Å²) in [6, 6.07) is 67.5. The van der Waals surface area contributed by atoms with Crippen LogP contribution in [0.1, 0.15) is 26.3 Å². The van der Waals surface area contributed by atoms with E-state index in [1.54, 1.807) is 0 Å². The van der Waals surface area contributed by atoms with Gasteiger partial charge in [0.1, 0.15) is 50.4 Å². The number of carbonyl (C=O) groups excluding carboxylic acids is 1. The van der Waals surface area contributed by atoms with Gasteiger partial charge in [-0.1, -0.05) is 109 Å². The zero-order valence-electron chi connectivity index (χ0n) is 40.4. The molecule has 0 unspecified atom stereocenters. The number of ketones is 1. The average molecular weight is 1210 g/mol. The van der Waals surface area contributed by atoms with Gasteiger partial charge >= 0.3 is 0 Å². The Kier molecular flexibility index (Phi) is 11.9. The van der Waals surface area contributed by atoms with Crippen LogP contribution in [0.25, 0.3) is 126 Å². The zero-order valence-corrected chi connectivity index (χ0v) is 44.7. The first-order valence-corrected chi connectivity index (χ1v) is 26.4. The topological polar surface area (TPSA) is 74.6 Å². The number of hydrogen-bond acceptors (Lipinski definition) is 5. The number of nitrogens with zero attached hydrogens (tertiary/aromatic N) is 1. The number of fused-ring (bicyclic) bond motifs is 20. The molecule has 0 saturated heterocycles. The van der Waals surface area contributed by atoms with Crippen LogP contribution in [0.2, 0.25) is 0 Å². The van der Waals surface area contributed by atoms with Gasteiger partial charge in [-0.15, -0.1) is 0 Å². The lowest BCUT2D eigenvalue weighted by molar-refractivity contribution is -0.115. The minimum absolute atomic E-state index is 0. The van der Waals surface area contributed by atoms with Crippen molar-refractivity contribution in [2.45, 2.75) is 20.2 Å². The molecular weight excluding hydrogens is 1170 g/mol. The maximum atomic E-state index is 9.62. The highest BCUT2D eigenvalue weighted by atomic mass is 127. The number of Topliss-reactive ketones (excluding diaryl/α,β-unsaturated/α-hetero) is 1. The molecule has 1 aliphatic rings. The number of rotatable bonds is 1. The molecular formula is C64H41Br2FINO5. The molecule has 1 aliphatic carbocycles. The van der Waals surface area contributed by atoms with E-state index < -0.39 is 0 Å². The number of para-hydroxylation sites is 4. The van der Waals surface area contributed by atoms with Gasteiger partial charge in [0.25, 0.3) is 0 Å². The van der Waals surface area contributed by atoms with E-state index in [2.05, 4.69) is 199 Å². The smallest absolute Gasteiger partial charge is 0.149 e. The Labute approximate surface area is 454 Å². The number of hydrogen-bond donors (Lipinski definition) is 0. The molecule has 0 saturated carbocycles. The molecule has 10 heteroatoms. The molecule has 360 valence electrons. The second-order valence-electron chi connectivity index (χ2n) is 18.1. The van der Waals surface area contributed by atoms with Gasteiger partial charge in [-0.2, -0.15) is 0 Å². The summed E-state index contributed by atoms with van der Waals surface area (Å²) in [6.45, 7) is 1.31. The normalized spacial score (nSPS) is 11.9. The molecule has 0 spiro atoms. The highest BCUT2D eigenvalue weighted by Gasteiger charge is 2.21. The molecule has 0 N–H and O–H groups in total. The van der Waals surface area contributed by atoms with Crippen LogP contribution < -0.4 is 0 Å². The van der Waals surface area contributed by atoms with Crippen molar-refractivity contribution in [2.75, 3.05) is 0 Å². The SMILES string of the molecule is Brc1cccc2c1oc1ccc3oc4ccc(-n5c6ccccc6c6ccccc65)cc4c3c12.Brc1cccc2c1oc1ccc3oc4ccc(I)cc4c3c12.F.[2H]CC(C)=O.c1ccc2c(c1)Cc1ccccc1-2. The van der Waals surface area contributed by atoms with Gasteiger partial charge in [-0.25, -0.2) is 0 Å². The van der Waals surface area contributed by atoms with E-state index in [1.165, 1.54) is 54.6 Å². The molecule has 5 aromatic heterocycles. The van der Waals surface area contributed by atoms with E-state index >= 15 is 0 Å². The summed E-state index contributed by atoms with van der Waals surface area (Å²) in [4.78, 5) is 9.62. The highest BCUT2D eigenvalue weighted by molar-refractivity contribution is 14.1. The van der Waals surface area contributed by atoms with Crippen LogP contribution in [0, 0.1) is 3.57 Å². The molecule has 0 aliphatic heterocycles. The number of benzene rings is 10. The van der Waals surface area contributed by atoms with Crippen molar-refractivity contribution < 1.29 is 28.5 Å². The summed E-state index contributed by atoms with van der Waals surface area (Å²) in [6.07, 6.45) is 1.10. The lowest BCUT2D eigenvalue weighted by atomic mass is 10.0. The molecule has 0 fully saturated rings. The van der Waals surface area contributed by atoms with Crippen molar-refractivity contribution in [1.82, 2.24) is 4.57 Å². The predicted molar refractivity (Wildman–Crippen MR) is 318 cm³/mol. The first kappa shape index (κ1) is 46.3. The summed E-state index contributed by atoms with van der Waals surface area (Å²) in [5.74, 6) is -0.0787. The molecule has 16 rings (SSSR count). The summed E-state index contributed by atoms with van der Waals surface area (Å²) in [7, 11) is 0. The van der Waals surface area contributed by atoms with Crippen LogP contribution in [-0.4, -0.2) is 10.4 Å². The van der Waals surface area contributed by atoms with E-state index in [9.17, 15) is 4.79 Å². The fourth-order valence-electron chi connectivity index (χ4n) is 10.6. The van der Waals surface area contributed by atoms with Crippen molar-refractivity contribution in [3.05, 3.63) is 218 Å². The fourth-order valence-corrected chi connectivity index (χ4v) is 12.0. The summed E-state index contributed by atoms with van der Waals surface area (Å²) in [5.41, 5.74) is 16.3. The van der Waals surface area contributed by atoms with Crippen LogP contribution >= 0.6 is 54.5 Å². The molecule has 0 amide bonds. The van der Waals surface area contributed by atoms with Crippen molar-refractivity contribution in [2.24, 2.45) is 0 Å². The van der Waals surface area contributed by atoms with Crippen molar-refractivity contribution in [3.63, 3.8) is 0 Å². The summed E-state index contributed by atoms with van der Waals surface area (Å²) < 4.78 is 36.3. The van der Waals surface area contributed by atoms with E-state index in [1.807, 2.05) is 54.6 Å². The maximum Gasteiger partial charge on any atom is 0.149 e. The van der Waals surface area contributed by atoms with Gasteiger partial charge in [-0.3, -0.25) is 4.70 Å². The zero-order chi connectivity index (χ0) is 50.2. The van der Waals surface area contributed by atoms with Gasteiger partial charge in [0.2, 0.25) is 0 Å². The molecule has 10 aromatic carbocycles. The van der Waals surface area contributed by atoms with E-state index in [-0.39, 0.29) is 17.4 Å². The Balaban J connectivity index is 0.000000118. The van der Waals surface area contributed by atoms with Crippen molar-refractivity contribution >= 4 is 170 Å². The largest absolute Gasteiger partial charge is 0.456 e. The van der Waals surface area contributed by atoms with Crippen LogP contribution in [0.15, 0.2) is 221 Å². The Hall–Kier alpha value is -7.51. The maximum absolute atomic E-state index is 9.62. The molecule has 6 nitrogen and oxygen atoms in total. The molecule has 0 bridgehead atoms. The van der Waals surface area contributed by atoms with E-state index in [0.717, 1.165) is 109 Å². The minimum Gasteiger partial charge on any atom is -0.456 e. The molecule has 0 atom stereocenters. The van der Waals surface area contributed by atoms with Crippen LogP contribution in [0.4, 0.5) is 4.70 Å². The third-order valence-electron chi connectivity index (χ3n) is 13.6. The molecule has 15 aromatic rings. The third-order valence-corrected chi connectivity index (χ3v) is 15.5. The minimum atomic E-state index is -0.0833. The lowest BCUT2D eigenvalue weighted by Gasteiger charge is -2.08. The summed E-state index contributed by atoms with van der Waals surface area (Å²) >= 11 is 9.55. The fraction of sp³-hybridized carbons (Fsp3) is 0.0469. The number of aromatic nitrogens is 1. The van der Waals surface area contributed by atoms with E-state index in [4.69, 9.17) is 19.0 Å². The first-order chi connectivity index (χ1) is 36.2. The Bertz CT molecular complexity index is 4640. The van der Waals surface area contributed by atoms with Crippen molar-refractivity contribution in [3.8, 4) is 16.8 Å². The van der Waals surface area contributed by atoms with Gasteiger partial charge in [0.05, 0.1) is 20.0 Å². The third kappa shape index (κ3) is 7.98. The molecule has 5 heterocycles. The number of furan rings is 4. The molecule has 0 radical (unpaired) electrons. The lowest BCUT2D eigenvalue weighted by Crippen LogP contribution is -1.93. The van der Waals surface area contributed by atoms with Crippen LogP contribution in [0.3, 0.4) is 0 Å². The van der Waals surface area contributed by atoms with Gasteiger partial charge in [0, 0.05) is 64.5 Å². The number of halogens is 4. The Morgan fingerprint density at radius 3 is 1.39 bits per heavy atom. The second kappa shape index (κ2) is 19.1. The summed E-state index contributed by atoms with van der Waals surface area (Å²) in [5, 5.41) is 11.3. The van der Waals surface area contributed by atoms with Crippen LogP contribution in [-0.2, 0) is 11.2 Å². The first-order valence-electron chi connectivity index (χ1n) is 24.4. The van der Waals surface area contributed by atoms with Gasteiger partial charge < -0.3 is 27.0 Å². The Morgan fingerprint density at radius 1 is 0.473 bits per heavy atom. The standard InChI is InChI=1S/C30H16BrNO2.C18H8BrIO2.C13H10.C3H6O.FH/c31-22-9-5-8-20-28-27(34-30(20)22)15-14-26-29(28)21-16-17(12-13-25(21)33-26)32-23-10-3-1-6-18(23)19-7-2-4-11-24(19)32;19-12-3-1-2-10-16-15(22-18(10)12)7-6-14-17(16)11-8-9(20)4-5-13(11)21-14;1-3-7-12-10(5-1)9-11-6-2-4-8-13(11)12;1-3(2)4;/h1-16H;1-8H;1-8H,9H2;1-2H3;1H/i;;;1D;. The van der Waals surface area contributed by atoms with Crippen molar-refractivity contribution in [1.29, 1.82) is 0 Å². The van der Waals surface area contributed by atoms with E-state index in [0.29, 0.717) is 0 Å². The monoisotopic (exact) mass is 1210 g/mol. The highest BCUT2D eigenvalue weighted by Crippen LogP contribution is 2.44. The quantitative estimate of drug-likeness (QED) is 0.153. The Morgan fingerprint density at radius 2 is 0.878 bits per heavy atom. The van der Waals surface area contributed by atoms with Gasteiger partial charge in [0.15, 0.2) is 0 Å². The average Bonchev–Trinajstić information content (AvgIpc) is 4.33. The second-order valence-corrected chi connectivity index (χ2v) is 21.1. The van der Waals surface area contributed by atoms with Crippen LogP contribution in [0.5, 0.6) is 0 Å². The number of carbonyl (C=O) groups is 1. The predicted octanol–water partition coefficient (Wildman–Crippen LogP) is 20.2.